The summed E-state index contributed by atoms with van der Waals surface area (Å²) in [6.07, 6.45) is 12.0. The quantitative estimate of drug-likeness (QED) is 0.174. The van der Waals surface area contributed by atoms with Crippen molar-refractivity contribution < 1.29 is 14.4 Å². The van der Waals surface area contributed by atoms with Crippen molar-refractivity contribution in [1.82, 2.24) is 19.9 Å². The third-order valence-corrected chi connectivity index (χ3v) is 8.69. The van der Waals surface area contributed by atoms with Gasteiger partial charge in [-0.25, -0.2) is 4.98 Å². The number of thiazole rings is 1. The average Bonchev–Trinajstić information content (AvgIpc) is 3.75. The lowest BCUT2D eigenvalue weighted by Gasteiger charge is -2.20. The fourth-order valence-corrected chi connectivity index (χ4v) is 4.85. The van der Waals surface area contributed by atoms with Gasteiger partial charge in [0.05, 0.1) is 17.8 Å². The van der Waals surface area contributed by atoms with E-state index in [0.29, 0.717) is 22.2 Å². The summed E-state index contributed by atoms with van der Waals surface area (Å²) in [6, 6.07) is 7.44. The number of carbonyl (C=O) groups is 3. The van der Waals surface area contributed by atoms with Crippen LogP contribution in [0.1, 0.15) is 144 Å². The summed E-state index contributed by atoms with van der Waals surface area (Å²) in [5, 5.41) is 7.64. The van der Waals surface area contributed by atoms with Crippen molar-refractivity contribution in [2.45, 2.75) is 140 Å². The van der Waals surface area contributed by atoms with E-state index >= 15 is 0 Å². The maximum atomic E-state index is 12.2. The number of pyridine rings is 1. The fourth-order valence-electron chi connectivity index (χ4n) is 4.13. The van der Waals surface area contributed by atoms with Crippen LogP contribution in [-0.4, -0.2) is 38.7 Å². The smallest absolute Gasteiger partial charge is 0.253 e. The van der Waals surface area contributed by atoms with Gasteiger partial charge in [0.2, 0.25) is 5.91 Å². The van der Waals surface area contributed by atoms with Crippen LogP contribution < -0.4 is 10.6 Å². The van der Waals surface area contributed by atoms with E-state index in [1.54, 1.807) is 19.2 Å². The van der Waals surface area contributed by atoms with E-state index in [1.807, 2.05) is 55.1 Å². The van der Waals surface area contributed by atoms with E-state index < -0.39 is 0 Å². The van der Waals surface area contributed by atoms with Crippen LogP contribution >= 0.6 is 11.3 Å². The van der Waals surface area contributed by atoms with E-state index in [0.717, 1.165) is 42.0 Å². The molecule has 0 aromatic carbocycles. The van der Waals surface area contributed by atoms with Gasteiger partial charge in [-0.05, 0) is 77.0 Å². The molecule has 0 aliphatic heterocycles. The predicted octanol–water partition coefficient (Wildman–Crippen LogP) is 10.7. The van der Waals surface area contributed by atoms with Gasteiger partial charge in [-0.1, -0.05) is 93.6 Å². The summed E-state index contributed by atoms with van der Waals surface area (Å²) < 4.78 is 1.96. The van der Waals surface area contributed by atoms with Crippen molar-refractivity contribution in [1.29, 1.82) is 0 Å². The van der Waals surface area contributed by atoms with E-state index in [-0.39, 0.29) is 23.9 Å². The fraction of sp³-hybridized carbons (Fsp3) is 0.625. The molecule has 0 aliphatic carbocycles. The molecule has 3 rings (SSSR count). The summed E-state index contributed by atoms with van der Waals surface area (Å²) in [7, 11) is 0. The average molecular weight is 698 g/mol. The number of amides is 2. The predicted molar refractivity (Wildman–Crippen MR) is 209 cm³/mol. The molecular formula is C40H67N5O3S. The highest BCUT2D eigenvalue weighted by Gasteiger charge is 2.16. The maximum Gasteiger partial charge on any atom is 0.253 e. The van der Waals surface area contributed by atoms with Crippen LogP contribution in [0.15, 0.2) is 42.0 Å². The van der Waals surface area contributed by atoms with Crippen molar-refractivity contribution in [3.05, 3.63) is 53.3 Å². The number of nitrogens with zero attached hydrogens (tertiary/aromatic N) is 3. The van der Waals surface area contributed by atoms with Gasteiger partial charge in [-0.15, -0.1) is 11.3 Å². The van der Waals surface area contributed by atoms with E-state index in [1.165, 1.54) is 43.4 Å². The number of hydrogen-bond acceptors (Lipinski definition) is 6. The number of nitrogens with one attached hydrogen (secondary N) is 2. The minimum atomic E-state index is -0.332. The minimum Gasteiger partial charge on any atom is -0.348 e. The van der Waals surface area contributed by atoms with Crippen molar-refractivity contribution in [3.63, 3.8) is 0 Å². The Morgan fingerprint density at radius 1 is 0.898 bits per heavy atom. The summed E-state index contributed by atoms with van der Waals surface area (Å²) in [4.78, 5) is 43.9. The molecule has 0 saturated carbocycles. The Labute approximate surface area is 302 Å². The second-order valence-corrected chi connectivity index (χ2v) is 14.9. The van der Waals surface area contributed by atoms with Crippen molar-refractivity contribution in [2.24, 2.45) is 17.8 Å². The van der Waals surface area contributed by atoms with Crippen molar-refractivity contribution in [2.75, 3.05) is 11.9 Å². The molecule has 0 spiro atoms. The van der Waals surface area contributed by atoms with Gasteiger partial charge in [0.1, 0.15) is 11.5 Å². The van der Waals surface area contributed by atoms with Gasteiger partial charge >= 0.3 is 0 Å². The number of anilines is 1. The topological polar surface area (TPSA) is 106 Å². The molecule has 276 valence electrons. The first-order valence-corrected chi connectivity index (χ1v) is 19.1. The molecule has 0 bridgehead atoms. The zero-order valence-corrected chi connectivity index (χ0v) is 33.7. The van der Waals surface area contributed by atoms with Gasteiger partial charge in [-0.3, -0.25) is 14.6 Å². The molecule has 8 nitrogen and oxygen atoms in total. The molecule has 0 fully saturated rings. The number of carbonyl (C=O) groups excluding carboxylic acids is 3. The zero-order valence-electron chi connectivity index (χ0n) is 32.9. The number of hydrogen-bond donors (Lipinski definition) is 2. The molecule has 2 N–H and O–H groups in total. The lowest BCUT2D eigenvalue weighted by atomic mass is 9.93. The summed E-state index contributed by atoms with van der Waals surface area (Å²) in [5.41, 5.74) is 2.78. The highest BCUT2D eigenvalue weighted by atomic mass is 32.1. The van der Waals surface area contributed by atoms with Crippen LogP contribution in [0.2, 0.25) is 0 Å². The lowest BCUT2D eigenvalue weighted by molar-refractivity contribution is -0.117. The molecule has 3 heterocycles. The Balaban J connectivity index is 0.000000918. The molecule has 9 heteroatoms. The van der Waals surface area contributed by atoms with Gasteiger partial charge in [-0.2, -0.15) is 0 Å². The molecule has 2 unspecified atom stereocenters. The summed E-state index contributed by atoms with van der Waals surface area (Å²) >= 11 is 1.32. The number of rotatable bonds is 14. The minimum absolute atomic E-state index is 0.107. The third kappa shape index (κ3) is 20.7. The summed E-state index contributed by atoms with van der Waals surface area (Å²) in [5.74, 6) is 2.26. The van der Waals surface area contributed by atoms with Crippen LogP contribution in [0, 0.1) is 24.7 Å². The molecule has 0 saturated heterocycles. The first kappa shape index (κ1) is 45.7. The van der Waals surface area contributed by atoms with E-state index in [9.17, 15) is 14.4 Å². The van der Waals surface area contributed by atoms with Crippen LogP contribution in [0.5, 0.6) is 0 Å². The lowest BCUT2D eigenvalue weighted by Crippen LogP contribution is -2.32. The van der Waals surface area contributed by atoms with Crippen molar-refractivity contribution >= 4 is 34.1 Å². The van der Waals surface area contributed by atoms with Gasteiger partial charge in [0.15, 0.2) is 5.13 Å². The van der Waals surface area contributed by atoms with Gasteiger partial charge < -0.3 is 20.0 Å². The number of Topliss-reactive ketones (excluding diaryl/α,β-unsaturated/α-hetero) is 1. The normalized spacial score (nSPS) is 11.9. The molecular weight excluding hydrogens is 631 g/mol. The molecule has 2 atom stereocenters. The second kappa shape index (κ2) is 24.7. The Hall–Kier alpha value is -3.33. The van der Waals surface area contributed by atoms with Crippen molar-refractivity contribution in [3.8, 4) is 11.4 Å². The number of aryl methyl sites for hydroxylation is 1. The second-order valence-electron chi connectivity index (χ2n) is 14.0. The summed E-state index contributed by atoms with van der Waals surface area (Å²) in [6.45, 7) is 27.2. The highest BCUT2D eigenvalue weighted by molar-refractivity contribution is 7.14. The molecule has 0 radical (unpaired) electrons. The SMILES string of the molecule is CC.CCC(C)C.CCC(C)CCC(C)CCCC(C)=O.Cc1cccc(-c2csc(NC(=O)CNC(=O)c3ccn(C(C)(C)C)c3)n2)n1. The molecule has 49 heavy (non-hydrogen) atoms. The number of aromatic nitrogens is 3. The molecule has 3 aromatic rings. The van der Waals surface area contributed by atoms with Crippen LogP contribution in [0.3, 0.4) is 0 Å². The zero-order chi connectivity index (χ0) is 37.6. The van der Waals surface area contributed by atoms with Gasteiger partial charge in [0, 0.05) is 35.4 Å². The van der Waals surface area contributed by atoms with E-state index in [4.69, 9.17) is 0 Å². The van der Waals surface area contributed by atoms with Crippen LogP contribution in [0.4, 0.5) is 5.13 Å². The first-order valence-electron chi connectivity index (χ1n) is 18.2. The van der Waals surface area contributed by atoms with E-state index in [2.05, 4.69) is 82.9 Å². The molecule has 0 aliphatic rings. The first-order chi connectivity index (χ1) is 23.0. The third-order valence-electron chi connectivity index (χ3n) is 7.93. The Kier molecular flexibility index (Phi) is 23.1. The van der Waals surface area contributed by atoms with Gasteiger partial charge in [0.25, 0.3) is 5.91 Å². The molecule has 3 aromatic heterocycles. The monoisotopic (exact) mass is 697 g/mol. The largest absolute Gasteiger partial charge is 0.348 e. The van der Waals surface area contributed by atoms with Crippen LogP contribution in [-0.2, 0) is 15.1 Å². The Morgan fingerprint density at radius 2 is 1.53 bits per heavy atom. The van der Waals surface area contributed by atoms with Crippen LogP contribution in [0.25, 0.3) is 11.4 Å². The number of ketones is 1. The highest BCUT2D eigenvalue weighted by Crippen LogP contribution is 2.23. The Bertz CT molecular complexity index is 1360. The standard InChI is InChI=1S/C20H23N5O2S.C13H26O.C5H12.C2H6/c1-13-6-5-7-15(22-13)16-12-28-19(23-16)24-17(26)10-21-18(27)14-8-9-25(11-14)20(2,3)4;1-5-11(2)9-10-12(3)7-6-8-13(4)14;1-4-5(2)3;1-2/h5-9,11-12H,10H2,1-4H3,(H,21,27)(H,23,24,26);11-12H,5-10H2,1-4H3;5H,4H2,1-3H3;1-2H3. The molecule has 2 amide bonds. The maximum absolute atomic E-state index is 12.2. The Morgan fingerprint density at radius 3 is 2.06 bits per heavy atom.